The van der Waals surface area contributed by atoms with Gasteiger partial charge < -0.3 is 11.1 Å². The molecule has 0 saturated carbocycles. The van der Waals surface area contributed by atoms with Crippen molar-refractivity contribution in [2.45, 2.75) is 4.90 Å². The molecule has 0 unspecified atom stereocenters. The van der Waals surface area contributed by atoms with Gasteiger partial charge in [-0.1, -0.05) is 0 Å². The number of thioether (sulfide) groups is 1. The number of benzene rings is 2. The number of anilines is 2. The molecule has 0 saturated heterocycles. The van der Waals surface area contributed by atoms with Gasteiger partial charge in [0.15, 0.2) is 0 Å². The summed E-state index contributed by atoms with van der Waals surface area (Å²) in [6.07, 6.45) is 1.97. The van der Waals surface area contributed by atoms with E-state index in [1.807, 2.05) is 18.4 Å². The maximum atomic E-state index is 13.6. The highest BCUT2D eigenvalue weighted by atomic mass is 32.2. The van der Waals surface area contributed by atoms with Crippen LogP contribution >= 0.6 is 11.8 Å². The van der Waals surface area contributed by atoms with Crippen molar-refractivity contribution in [3.8, 4) is 0 Å². The minimum Gasteiger partial charge on any atom is -0.399 e. The second-order valence-corrected chi connectivity index (χ2v) is 4.80. The molecular weight excluding hydrogens is 263 g/mol. The largest absolute Gasteiger partial charge is 0.399 e. The van der Waals surface area contributed by atoms with Crippen molar-refractivity contribution in [3.05, 3.63) is 53.8 Å². The van der Waals surface area contributed by atoms with E-state index in [1.165, 1.54) is 12.1 Å². The lowest BCUT2D eigenvalue weighted by Gasteiger charge is -2.07. The molecule has 3 nitrogen and oxygen atoms in total. The number of carbonyl (C=O) groups is 1. The first kappa shape index (κ1) is 13.4. The fourth-order valence-electron chi connectivity index (χ4n) is 1.59. The Labute approximate surface area is 115 Å². The monoisotopic (exact) mass is 276 g/mol. The zero-order valence-corrected chi connectivity index (χ0v) is 11.1. The van der Waals surface area contributed by atoms with Gasteiger partial charge in [0, 0.05) is 16.3 Å². The zero-order valence-electron chi connectivity index (χ0n) is 10.3. The van der Waals surface area contributed by atoms with Crippen LogP contribution in [-0.4, -0.2) is 12.2 Å². The summed E-state index contributed by atoms with van der Waals surface area (Å²) >= 11 is 1.61. The highest BCUT2D eigenvalue weighted by molar-refractivity contribution is 7.98. The molecule has 0 aromatic heterocycles. The summed E-state index contributed by atoms with van der Waals surface area (Å²) in [4.78, 5) is 13.0. The summed E-state index contributed by atoms with van der Waals surface area (Å²) in [7, 11) is 0. The average Bonchev–Trinajstić information content (AvgIpc) is 2.39. The molecule has 2 aromatic carbocycles. The van der Waals surface area contributed by atoms with Gasteiger partial charge in [-0.05, 0) is 48.7 Å². The van der Waals surface area contributed by atoms with Crippen LogP contribution in [0, 0.1) is 5.82 Å². The van der Waals surface area contributed by atoms with Gasteiger partial charge in [-0.15, -0.1) is 11.8 Å². The van der Waals surface area contributed by atoms with E-state index in [4.69, 9.17) is 5.73 Å². The molecule has 1 amide bonds. The van der Waals surface area contributed by atoms with Crippen molar-refractivity contribution >= 4 is 29.0 Å². The Hall–Kier alpha value is -2.01. The number of carbonyl (C=O) groups excluding carboxylic acids is 1. The predicted molar refractivity (Wildman–Crippen MR) is 77.0 cm³/mol. The normalized spacial score (nSPS) is 10.2. The van der Waals surface area contributed by atoms with Gasteiger partial charge in [0.25, 0.3) is 5.91 Å². The van der Waals surface area contributed by atoms with Gasteiger partial charge in [0.1, 0.15) is 5.82 Å². The van der Waals surface area contributed by atoms with Gasteiger partial charge in [-0.25, -0.2) is 4.39 Å². The molecule has 19 heavy (non-hydrogen) atoms. The SMILES string of the molecule is CSc1ccc(NC(=O)c2ccc(N)cc2F)cc1. The van der Waals surface area contributed by atoms with Crippen LogP contribution in [0.1, 0.15) is 10.4 Å². The summed E-state index contributed by atoms with van der Waals surface area (Å²) in [5.74, 6) is -1.12. The quantitative estimate of drug-likeness (QED) is 0.667. The topological polar surface area (TPSA) is 55.1 Å². The number of nitrogens with two attached hydrogens (primary N) is 1. The fourth-order valence-corrected chi connectivity index (χ4v) is 2.00. The molecule has 0 aliphatic rings. The maximum absolute atomic E-state index is 13.6. The second-order valence-electron chi connectivity index (χ2n) is 3.92. The van der Waals surface area contributed by atoms with Crippen molar-refractivity contribution in [2.75, 3.05) is 17.3 Å². The summed E-state index contributed by atoms with van der Waals surface area (Å²) in [5, 5.41) is 2.64. The minimum atomic E-state index is -0.627. The number of nitrogens with one attached hydrogen (secondary N) is 1. The first-order valence-electron chi connectivity index (χ1n) is 5.60. The third-order valence-corrected chi connectivity index (χ3v) is 3.33. The Kier molecular flexibility index (Phi) is 4.06. The third kappa shape index (κ3) is 3.26. The van der Waals surface area contributed by atoms with E-state index in [2.05, 4.69) is 5.32 Å². The summed E-state index contributed by atoms with van der Waals surface area (Å²) in [6.45, 7) is 0. The fraction of sp³-hybridized carbons (Fsp3) is 0.0714. The highest BCUT2D eigenvalue weighted by Gasteiger charge is 2.11. The smallest absolute Gasteiger partial charge is 0.258 e. The molecule has 0 atom stereocenters. The van der Waals surface area contributed by atoms with Crippen LogP contribution in [0.3, 0.4) is 0 Å². The third-order valence-electron chi connectivity index (χ3n) is 2.59. The number of hydrogen-bond donors (Lipinski definition) is 2. The Morgan fingerprint density at radius 3 is 2.47 bits per heavy atom. The molecule has 98 valence electrons. The van der Waals surface area contributed by atoms with Crippen molar-refractivity contribution in [3.63, 3.8) is 0 Å². The van der Waals surface area contributed by atoms with E-state index in [-0.39, 0.29) is 5.56 Å². The molecule has 2 rings (SSSR count). The zero-order chi connectivity index (χ0) is 13.8. The van der Waals surface area contributed by atoms with E-state index in [9.17, 15) is 9.18 Å². The molecule has 0 radical (unpaired) electrons. The van der Waals surface area contributed by atoms with Gasteiger partial charge in [0.05, 0.1) is 5.56 Å². The molecular formula is C14H13FN2OS. The summed E-state index contributed by atoms with van der Waals surface area (Å²) in [6, 6.07) is 11.3. The van der Waals surface area contributed by atoms with Crippen LogP contribution < -0.4 is 11.1 Å². The summed E-state index contributed by atoms with van der Waals surface area (Å²) in [5.41, 5.74) is 6.33. The van der Waals surface area contributed by atoms with Crippen LogP contribution in [-0.2, 0) is 0 Å². The Morgan fingerprint density at radius 2 is 1.89 bits per heavy atom. The first-order valence-corrected chi connectivity index (χ1v) is 6.83. The van der Waals surface area contributed by atoms with Crippen molar-refractivity contribution in [1.29, 1.82) is 0 Å². The van der Waals surface area contributed by atoms with Crippen LogP contribution in [0.5, 0.6) is 0 Å². The number of nitrogen functional groups attached to an aromatic ring is 1. The van der Waals surface area contributed by atoms with Gasteiger partial charge in [-0.3, -0.25) is 4.79 Å². The molecule has 0 spiro atoms. The van der Waals surface area contributed by atoms with Gasteiger partial charge >= 0.3 is 0 Å². The van der Waals surface area contributed by atoms with Crippen molar-refractivity contribution in [2.24, 2.45) is 0 Å². The van der Waals surface area contributed by atoms with E-state index >= 15 is 0 Å². The van der Waals surface area contributed by atoms with E-state index < -0.39 is 11.7 Å². The van der Waals surface area contributed by atoms with Crippen molar-refractivity contribution in [1.82, 2.24) is 0 Å². The minimum absolute atomic E-state index is 0.0249. The van der Waals surface area contributed by atoms with Crippen LogP contribution in [0.2, 0.25) is 0 Å². The lowest BCUT2D eigenvalue weighted by atomic mass is 10.1. The number of rotatable bonds is 3. The molecule has 0 aliphatic heterocycles. The number of halogens is 1. The summed E-state index contributed by atoms with van der Waals surface area (Å²) < 4.78 is 13.6. The number of amides is 1. The van der Waals surface area contributed by atoms with Crippen molar-refractivity contribution < 1.29 is 9.18 Å². The Balaban J connectivity index is 2.15. The predicted octanol–water partition coefficient (Wildman–Crippen LogP) is 3.38. The first-order chi connectivity index (χ1) is 9.10. The lowest BCUT2D eigenvalue weighted by molar-refractivity contribution is 0.102. The molecule has 0 heterocycles. The molecule has 3 N–H and O–H groups in total. The molecule has 0 bridgehead atoms. The molecule has 0 fully saturated rings. The van der Waals surface area contributed by atoms with E-state index in [0.29, 0.717) is 11.4 Å². The maximum Gasteiger partial charge on any atom is 0.258 e. The van der Waals surface area contributed by atoms with Gasteiger partial charge in [-0.2, -0.15) is 0 Å². The Morgan fingerprint density at radius 1 is 1.21 bits per heavy atom. The molecule has 0 aliphatic carbocycles. The molecule has 2 aromatic rings. The van der Waals surface area contributed by atoms with Gasteiger partial charge in [0.2, 0.25) is 0 Å². The Bertz CT molecular complexity index is 599. The van der Waals surface area contributed by atoms with E-state index in [1.54, 1.807) is 23.9 Å². The second kappa shape index (κ2) is 5.75. The standard InChI is InChI=1S/C14H13FN2OS/c1-19-11-5-3-10(4-6-11)17-14(18)12-7-2-9(16)8-13(12)15/h2-8H,16H2,1H3,(H,17,18). The van der Waals surface area contributed by atoms with Crippen LogP contribution in [0.15, 0.2) is 47.4 Å². The molecule has 5 heteroatoms. The lowest BCUT2D eigenvalue weighted by Crippen LogP contribution is -2.13. The van der Waals surface area contributed by atoms with E-state index in [0.717, 1.165) is 11.0 Å². The van der Waals surface area contributed by atoms with Crippen LogP contribution in [0.4, 0.5) is 15.8 Å². The average molecular weight is 276 g/mol. The highest BCUT2D eigenvalue weighted by Crippen LogP contribution is 2.19. The number of hydrogen-bond acceptors (Lipinski definition) is 3. The van der Waals surface area contributed by atoms with Crippen LogP contribution in [0.25, 0.3) is 0 Å².